The maximum atomic E-state index is 10.3. The molecule has 1 aromatic rings. The fraction of sp³-hybridized carbons (Fsp3) is 0.625. The summed E-state index contributed by atoms with van der Waals surface area (Å²) >= 11 is 0. The lowest BCUT2D eigenvalue weighted by Gasteiger charge is -2.31. The summed E-state index contributed by atoms with van der Waals surface area (Å²) in [5.74, 6) is 1.52. The fourth-order valence-electron chi connectivity index (χ4n) is 3.14. The van der Waals surface area contributed by atoms with Gasteiger partial charge in [0.25, 0.3) is 0 Å². The van der Waals surface area contributed by atoms with Gasteiger partial charge in [0.15, 0.2) is 0 Å². The molecule has 0 aliphatic heterocycles. The van der Waals surface area contributed by atoms with E-state index in [0.29, 0.717) is 12.3 Å². The second-order valence-electron chi connectivity index (χ2n) is 5.64. The molecule has 1 fully saturated rings. The van der Waals surface area contributed by atoms with Crippen molar-refractivity contribution in [2.24, 2.45) is 11.8 Å². The summed E-state index contributed by atoms with van der Waals surface area (Å²) < 4.78 is 0. The van der Waals surface area contributed by atoms with Gasteiger partial charge in [0.05, 0.1) is 6.10 Å². The molecule has 100 valence electrons. The maximum absolute atomic E-state index is 10.3. The van der Waals surface area contributed by atoms with Crippen molar-refractivity contribution >= 4 is 0 Å². The minimum absolute atomic E-state index is 0.263. The highest BCUT2D eigenvalue weighted by atomic mass is 16.3. The zero-order valence-electron chi connectivity index (χ0n) is 11.2. The lowest BCUT2D eigenvalue weighted by molar-refractivity contribution is 0.0685. The second kappa shape index (κ2) is 6.24. The molecule has 0 aromatic heterocycles. The van der Waals surface area contributed by atoms with Crippen molar-refractivity contribution in [3.8, 4) is 5.75 Å². The Balaban J connectivity index is 1.93. The summed E-state index contributed by atoms with van der Waals surface area (Å²) in [4.78, 5) is 0. The summed E-state index contributed by atoms with van der Waals surface area (Å²) in [7, 11) is 0. The van der Waals surface area contributed by atoms with Crippen molar-refractivity contribution in [1.29, 1.82) is 0 Å². The first-order valence-electron chi connectivity index (χ1n) is 7.15. The molecule has 2 rings (SSSR count). The normalized spacial score (nSPS) is 25.9. The first kappa shape index (κ1) is 13.4. The van der Waals surface area contributed by atoms with Crippen LogP contribution in [0.1, 0.15) is 44.6 Å². The highest BCUT2D eigenvalue weighted by Gasteiger charge is 2.26. The molecule has 0 saturated heterocycles. The molecular weight excluding hydrogens is 224 g/mol. The van der Waals surface area contributed by atoms with Crippen molar-refractivity contribution < 1.29 is 10.2 Å². The number of rotatable bonds is 4. The Morgan fingerprint density at radius 1 is 1.33 bits per heavy atom. The van der Waals surface area contributed by atoms with E-state index in [1.165, 1.54) is 19.3 Å². The van der Waals surface area contributed by atoms with E-state index in [-0.39, 0.29) is 11.9 Å². The Bertz CT molecular complexity index is 375. The Labute approximate surface area is 110 Å². The predicted octanol–water partition coefficient (Wildman–Crippen LogP) is 3.51. The van der Waals surface area contributed by atoms with Crippen LogP contribution >= 0.6 is 0 Å². The molecule has 0 heterocycles. The smallest absolute Gasteiger partial charge is 0.115 e. The van der Waals surface area contributed by atoms with Gasteiger partial charge in [0, 0.05) is 0 Å². The van der Waals surface area contributed by atoms with Gasteiger partial charge in [0.2, 0.25) is 0 Å². The third-order valence-corrected chi connectivity index (χ3v) is 4.30. The van der Waals surface area contributed by atoms with E-state index in [4.69, 9.17) is 0 Å². The summed E-state index contributed by atoms with van der Waals surface area (Å²) in [6.07, 6.45) is 6.52. The number of hydrogen-bond acceptors (Lipinski definition) is 2. The van der Waals surface area contributed by atoms with Gasteiger partial charge in [-0.2, -0.15) is 0 Å². The van der Waals surface area contributed by atoms with Crippen molar-refractivity contribution in [2.75, 3.05) is 0 Å². The van der Waals surface area contributed by atoms with Gasteiger partial charge >= 0.3 is 0 Å². The Hall–Kier alpha value is -1.02. The monoisotopic (exact) mass is 248 g/mol. The topological polar surface area (TPSA) is 40.5 Å². The van der Waals surface area contributed by atoms with Crippen LogP contribution < -0.4 is 0 Å². The molecule has 3 unspecified atom stereocenters. The third-order valence-electron chi connectivity index (χ3n) is 4.30. The first-order valence-corrected chi connectivity index (χ1v) is 7.15. The van der Waals surface area contributed by atoms with Gasteiger partial charge in [-0.05, 0) is 48.8 Å². The van der Waals surface area contributed by atoms with Gasteiger partial charge in [-0.15, -0.1) is 0 Å². The molecule has 1 aliphatic rings. The highest BCUT2D eigenvalue weighted by Crippen LogP contribution is 2.33. The second-order valence-corrected chi connectivity index (χ2v) is 5.64. The largest absolute Gasteiger partial charge is 0.508 e. The zero-order chi connectivity index (χ0) is 13.0. The van der Waals surface area contributed by atoms with Crippen molar-refractivity contribution in [2.45, 2.75) is 51.6 Å². The average molecular weight is 248 g/mol. The minimum Gasteiger partial charge on any atom is -0.508 e. The standard InChI is InChI=1S/C16H24O2/c1-2-12-5-3-7-14(9-12)16(18)11-13-6-4-8-15(17)10-13/h4,6,8,10,12,14,16-18H,2-3,5,7,9,11H2,1H3. The molecule has 2 nitrogen and oxygen atoms in total. The van der Waals surface area contributed by atoms with Crippen LogP contribution in [0.25, 0.3) is 0 Å². The molecule has 0 spiro atoms. The van der Waals surface area contributed by atoms with Crippen molar-refractivity contribution in [3.05, 3.63) is 29.8 Å². The van der Waals surface area contributed by atoms with E-state index in [1.807, 2.05) is 12.1 Å². The molecule has 1 aliphatic carbocycles. The SMILES string of the molecule is CCC1CCCC(C(O)Cc2cccc(O)c2)C1. The quantitative estimate of drug-likeness (QED) is 0.856. The predicted molar refractivity (Wildman–Crippen MR) is 73.6 cm³/mol. The molecule has 3 atom stereocenters. The Morgan fingerprint density at radius 3 is 2.89 bits per heavy atom. The Kier molecular flexibility index (Phi) is 4.65. The van der Waals surface area contributed by atoms with Crippen molar-refractivity contribution in [1.82, 2.24) is 0 Å². The molecule has 1 saturated carbocycles. The molecule has 0 amide bonds. The van der Waals surface area contributed by atoms with E-state index in [1.54, 1.807) is 12.1 Å². The van der Waals surface area contributed by atoms with Crippen LogP contribution in [0.5, 0.6) is 5.75 Å². The van der Waals surface area contributed by atoms with E-state index in [0.717, 1.165) is 24.3 Å². The number of phenols is 1. The van der Waals surface area contributed by atoms with Crippen LogP contribution in [-0.2, 0) is 6.42 Å². The van der Waals surface area contributed by atoms with Crippen LogP contribution in [0.15, 0.2) is 24.3 Å². The summed E-state index contributed by atoms with van der Waals surface area (Å²) in [6.45, 7) is 2.24. The van der Waals surface area contributed by atoms with Crippen LogP contribution in [-0.4, -0.2) is 16.3 Å². The van der Waals surface area contributed by atoms with E-state index >= 15 is 0 Å². The number of phenolic OH excluding ortho intramolecular Hbond substituents is 1. The Morgan fingerprint density at radius 2 is 2.17 bits per heavy atom. The number of benzene rings is 1. The van der Waals surface area contributed by atoms with E-state index in [2.05, 4.69) is 6.92 Å². The molecule has 2 heteroatoms. The summed E-state index contributed by atoms with van der Waals surface area (Å²) in [5.41, 5.74) is 1.03. The van der Waals surface area contributed by atoms with Crippen LogP contribution in [0.3, 0.4) is 0 Å². The van der Waals surface area contributed by atoms with Crippen molar-refractivity contribution in [3.63, 3.8) is 0 Å². The van der Waals surface area contributed by atoms with Crippen LogP contribution in [0.4, 0.5) is 0 Å². The molecule has 2 N–H and O–H groups in total. The zero-order valence-corrected chi connectivity index (χ0v) is 11.2. The number of aliphatic hydroxyl groups is 1. The molecule has 1 aromatic carbocycles. The molecule has 0 bridgehead atoms. The van der Waals surface area contributed by atoms with Gasteiger partial charge < -0.3 is 10.2 Å². The van der Waals surface area contributed by atoms with Gasteiger partial charge in [-0.1, -0.05) is 38.3 Å². The van der Waals surface area contributed by atoms with Gasteiger partial charge in [-0.25, -0.2) is 0 Å². The third kappa shape index (κ3) is 3.49. The summed E-state index contributed by atoms with van der Waals surface area (Å²) in [5, 5.41) is 19.8. The lowest BCUT2D eigenvalue weighted by Crippen LogP contribution is -2.28. The van der Waals surface area contributed by atoms with Crippen LogP contribution in [0.2, 0.25) is 0 Å². The highest BCUT2D eigenvalue weighted by molar-refractivity contribution is 5.27. The average Bonchev–Trinajstić information content (AvgIpc) is 2.39. The molecule has 0 radical (unpaired) electrons. The number of hydrogen-bond donors (Lipinski definition) is 2. The number of aliphatic hydroxyl groups excluding tert-OH is 1. The number of aromatic hydroxyl groups is 1. The maximum Gasteiger partial charge on any atom is 0.115 e. The minimum atomic E-state index is -0.263. The first-order chi connectivity index (χ1) is 8.69. The fourth-order valence-corrected chi connectivity index (χ4v) is 3.14. The van der Waals surface area contributed by atoms with Gasteiger partial charge in [-0.3, -0.25) is 0 Å². The van der Waals surface area contributed by atoms with Crippen LogP contribution in [0, 0.1) is 11.8 Å². The molecular formula is C16H24O2. The van der Waals surface area contributed by atoms with E-state index in [9.17, 15) is 10.2 Å². The van der Waals surface area contributed by atoms with Gasteiger partial charge in [0.1, 0.15) is 5.75 Å². The lowest BCUT2D eigenvalue weighted by atomic mass is 9.76. The summed E-state index contributed by atoms with van der Waals surface area (Å²) in [6, 6.07) is 7.24. The molecule has 18 heavy (non-hydrogen) atoms. The van der Waals surface area contributed by atoms with E-state index < -0.39 is 0 Å².